The van der Waals surface area contributed by atoms with Gasteiger partial charge in [0.1, 0.15) is 0 Å². The third-order valence-corrected chi connectivity index (χ3v) is 2.37. The maximum Gasteiger partial charge on any atom is 0.213 e. The Morgan fingerprint density at radius 3 is 3.00 bits per heavy atom. The number of aromatic nitrogens is 1. The zero-order chi connectivity index (χ0) is 8.55. The average molecular weight is 226 g/mol. The maximum absolute atomic E-state index is 12.7. The fourth-order valence-corrected chi connectivity index (χ4v) is 1.60. The van der Waals surface area contributed by atoms with Crippen molar-refractivity contribution in [3.8, 4) is 0 Å². The highest BCUT2D eigenvalue weighted by atomic mass is 79.9. The third kappa shape index (κ3) is 1.20. The van der Waals surface area contributed by atoms with Gasteiger partial charge in [0.2, 0.25) is 5.95 Å². The molecule has 60 valence electrons. The van der Waals surface area contributed by atoms with Crippen LogP contribution in [0.5, 0.6) is 0 Å². The Kier molecular flexibility index (Phi) is 1.81. The standard InChI is InChI=1S/C9H5BrFN/c10-8-3-1-2-6-5-12-9(11)4-7(6)8/h1-5H. The molecule has 0 aliphatic rings. The molecule has 1 nitrogen and oxygen atoms in total. The van der Waals surface area contributed by atoms with Crippen molar-refractivity contribution in [3.05, 3.63) is 40.9 Å². The van der Waals surface area contributed by atoms with Crippen molar-refractivity contribution >= 4 is 26.7 Å². The van der Waals surface area contributed by atoms with Crippen molar-refractivity contribution in [2.24, 2.45) is 0 Å². The predicted octanol–water partition coefficient (Wildman–Crippen LogP) is 3.14. The fraction of sp³-hybridized carbons (Fsp3) is 0. The van der Waals surface area contributed by atoms with Crippen LogP contribution in [0.1, 0.15) is 0 Å². The number of pyridine rings is 1. The summed E-state index contributed by atoms with van der Waals surface area (Å²) in [6.45, 7) is 0. The lowest BCUT2D eigenvalue weighted by atomic mass is 10.2. The first-order valence-corrected chi connectivity index (χ1v) is 4.26. The van der Waals surface area contributed by atoms with Gasteiger partial charge in [0.15, 0.2) is 0 Å². The Morgan fingerprint density at radius 2 is 2.17 bits per heavy atom. The van der Waals surface area contributed by atoms with Crippen molar-refractivity contribution in [1.82, 2.24) is 4.98 Å². The van der Waals surface area contributed by atoms with Crippen LogP contribution in [0, 0.1) is 5.95 Å². The summed E-state index contributed by atoms with van der Waals surface area (Å²) in [6.07, 6.45) is 1.52. The topological polar surface area (TPSA) is 12.9 Å². The van der Waals surface area contributed by atoms with Gasteiger partial charge in [0, 0.05) is 27.5 Å². The third-order valence-electron chi connectivity index (χ3n) is 1.68. The van der Waals surface area contributed by atoms with Crippen LogP contribution in [0.3, 0.4) is 0 Å². The molecule has 0 amide bonds. The Bertz CT molecular complexity index is 428. The van der Waals surface area contributed by atoms with Gasteiger partial charge in [-0.05, 0) is 6.07 Å². The Balaban J connectivity index is 2.88. The zero-order valence-corrected chi connectivity index (χ0v) is 7.68. The zero-order valence-electron chi connectivity index (χ0n) is 6.09. The lowest BCUT2D eigenvalue weighted by molar-refractivity contribution is 0.586. The molecule has 0 aliphatic carbocycles. The summed E-state index contributed by atoms with van der Waals surface area (Å²) in [5.74, 6) is -0.450. The largest absolute Gasteiger partial charge is 0.228 e. The lowest BCUT2D eigenvalue weighted by Gasteiger charge is -1.98. The van der Waals surface area contributed by atoms with Gasteiger partial charge in [-0.1, -0.05) is 28.1 Å². The summed E-state index contributed by atoms with van der Waals surface area (Å²) in [5.41, 5.74) is 0. The van der Waals surface area contributed by atoms with E-state index in [0.29, 0.717) is 0 Å². The molecule has 0 bridgehead atoms. The van der Waals surface area contributed by atoms with E-state index >= 15 is 0 Å². The second-order valence-electron chi connectivity index (χ2n) is 2.47. The fourth-order valence-electron chi connectivity index (χ4n) is 1.11. The SMILES string of the molecule is Fc1cc2c(Br)cccc2cn1. The molecule has 0 unspecified atom stereocenters. The molecule has 2 rings (SSSR count). The number of hydrogen-bond donors (Lipinski definition) is 0. The molecule has 1 aromatic carbocycles. The molecule has 12 heavy (non-hydrogen) atoms. The van der Waals surface area contributed by atoms with E-state index in [2.05, 4.69) is 20.9 Å². The summed E-state index contributed by atoms with van der Waals surface area (Å²) >= 11 is 3.34. The van der Waals surface area contributed by atoms with Crippen molar-refractivity contribution < 1.29 is 4.39 Å². The van der Waals surface area contributed by atoms with Gasteiger partial charge in [-0.15, -0.1) is 0 Å². The molecule has 1 heterocycles. The van der Waals surface area contributed by atoms with Crippen LogP contribution in [-0.2, 0) is 0 Å². The molecule has 1 aromatic heterocycles. The molecule has 0 aliphatic heterocycles. The molecule has 0 saturated heterocycles. The van der Waals surface area contributed by atoms with Crippen molar-refractivity contribution in [1.29, 1.82) is 0 Å². The van der Waals surface area contributed by atoms with Crippen molar-refractivity contribution in [2.75, 3.05) is 0 Å². The number of hydrogen-bond acceptors (Lipinski definition) is 1. The van der Waals surface area contributed by atoms with E-state index in [4.69, 9.17) is 0 Å². The number of nitrogens with zero attached hydrogens (tertiary/aromatic N) is 1. The quantitative estimate of drug-likeness (QED) is 0.629. The van der Waals surface area contributed by atoms with Gasteiger partial charge >= 0.3 is 0 Å². The van der Waals surface area contributed by atoms with E-state index in [1.165, 1.54) is 12.3 Å². The molecular weight excluding hydrogens is 221 g/mol. The van der Waals surface area contributed by atoms with E-state index in [1.54, 1.807) is 0 Å². The molecule has 2 aromatic rings. The van der Waals surface area contributed by atoms with Crippen LogP contribution >= 0.6 is 15.9 Å². The van der Waals surface area contributed by atoms with E-state index in [9.17, 15) is 4.39 Å². The average Bonchev–Trinajstić information content (AvgIpc) is 2.07. The Morgan fingerprint density at radius 1 is 1.33 bits per heavy atom. The number of halogens is 2. The lowest BCUT2D eigenvalue weighted by Crippen LogP contribution is -1.82. The molecule has 0 atom stereocenters. The summed E-state index contributed by atoms with van der Waals surface area (Å²) in [7, 11) is 0. The number of fused-ring (bicyclic) bond motifs is 1. The second kappa shape index (κ2) is 2.83. The first-order chi connectivity index (χ1) is 5.77. The van der Waals surface area contributed by atoms with E-state index in [-0.39, 0.29) is 0 Å². The van der Waals surface area contributed by atoms with E-state index in [1.807, 2.05) is 18.2 Å². The van der Waals surface area contributed by atoms with Crippen molar-refractivity contribution in [2.45, 2.75) is 0 Å². The summed E-state index contributed by atoms with van der Waals surface area (Å²) < 4.78 is 13.6. The highest BCUT2D eigenvalue weighted by Gasteiger charge is 1.99. The van der Waals surface area contributed by atoms with E-state index < -0.39 is 5.95 Å². The molecular formula is C9H5BrFN. The number of rotatable bonds is 0. The van der Waals surface area contributed by atoms with Gasteiger partial charge in [0.05, 0.1) is 0 Å². The Labute approximate surface area is 77.4 Å². The van der Waals surface area contributed by atoms with Gasteiger partial charge < -0.3 is 0 Å². The van der Waals surface area contributed by atoms with Gasteiger partial charge in [-0.25, -0.2) is 4.98 Å². The van der Waals surface area contributed by atoms with Crippen LogP contribution < -0.4 is 0 Å². The van der Waals surface area contributed by atoms with Crippen molar-refractivity contribution in [3.63, 3.8) is 0 Å². The van der Waals surface area contributed by atoms with Crippen LogP contribution in [-0.4, -0.2) is 4.98 Å². The predicted molar refractivity (Wildman–Crippen MR) is 49.4 cm³/mol. The summed E-state index contributed by atoms with van der Waals surface area (Å²) in [4.78, 5) is 3.56. The molecule has 0 spiro atoms. The highest BCUT2D eigenvalue weighted by Crippen LogP contribution is 2.22. The van der Waals surface area contributed by atoms with Gasteiger partial charge in [-0.3, -0.25) is 0 Å². The molecule has 0 saturated carbocycles. The van der Waals surface area contributed by atoms with Crippen LogP contribution in [0.25, 0.3) is 10.8 Å². The number of benzene rings is 1. The first kappa shape index (κ1) is 7.68. The molecule has 0 fully saturated rings. The van der Waals surface area contributed by atoms with Crippen LogP contribution in [0.2, 0.25) is 0 Å². The maximum atomic E-state index is 12.7. The molecule has 0 radical (unpaired) electrons. The normalized spacial score (nSPS) is 10.5. The first-order valence-electron chi connectivity index (χ1n) is 3.47. The van der Waals surface area contributed by atoms with E-state index in [0.717, 1.165) is 15.2 Å². The molecule has 0 N–H and O–H groups in total. The second-order valence-corrected chi connectivity index (χ2v) is 3.32. The van der Waals surface area contributed by atoms with Crippen LogP contribution in [0.4, 0.5) is 4.39 Å². The van der Waals surface area contributed by atoms with Gasteiger partial charge in [0.25, 0.3) is 0 Å². The minimum atomic E-state index is -0.450. The minimum Gasteiger partial charge on any atom is -0.228 e. The van der Waals surface area contributed by atoms with Crippen LogP contribution in [0.15, 0.2) is 34.9 Å². The monoisotopic (exact) mass is 225 g/mol. The smallest absolute Gasteiger partial charge is 0.213 e. The Hall–Kier alpha value is -0.960. The summed E-state index contributed by atoms with van der Waals surface area (Å²) in [6, 6.07) is 7.08. The van der Waals surface area contributed by atoms with Gasteiger partial charge in [-0.2, -0.15) is 4.39 Å². The highest BCUT2D eigenvalue weighted by molar-refractivity contribution is 9.10. The molecule has 3 heteroatoms. The minimum absolute atomic E-state index is 0.450. The summed E-state index contributed by atoms with van der Waals surface area (Å²) in [5, 5.41) is 1.79.